The number of hydrogen-bond acceptors (Lipinski definition) is 1. The highest BCUT2D eigenvalue weighted by Gasteiger charge is 2.09. The van der Waals surface area contributed by atoms with Gasteiger partial charge in [0.25, 0.3) is 0 Å². The van der Waals surface area contributed by atoms with Crippen LogP contribution in [0.2, 0.25) is 0 Å². The molecule has 0 aliphatic rings. The number of carbonyl (C=O) groups excluding carboxylic acids is 1. The molecule has 1 rings (SSSR count). The highest BCUT2D eigenvalue weighted by atomic mass is 16.1. The van der Waals surface area contributed by atoms with Gasteiger partial charge in [0.05, 0.1) is 5.92 Å². The van der Waals surface area contributed by atoms with Crippen molar-refractivity contribution in [1.29, 1.82) is 0 Å². The Bertz CT molecular complexity index is 253. The number of hydrogen-bond donors (Lipinski definition) is 0. The zero-order valence-corrected chi connectivity index (χ0v) is 8.70. The van der Waals surface area contributed by atoms with Gasteiger partial charge in [0.15, 0.2) is 0 Å². The topological polar surface area (TPSA) is 17.1 Å². The fourth-order valence-corrected chi connectivity index (χ4v) is 1.58. The monoisotopic (exact) mass is 189 g/mol. The molecule has 75 valence electrons. The summed E-state index contributed by atoms with van der Waals surface area (Å²) in [6.07, 6.45) is 6.57. The first-order valence-corrected chi connectivity index (χ1v) is 5.31. The van der Waals surface area contributed by atoms with Gasteiger partial charge in [0, 0.05) is 0 Å². The SMILES string of the molecule is CCCCCC([C]=O)c1ccccc1. The zero-order chi connectivity index (χ0) is 10.2. The third-order valence-corrected chi connectivity index (χ3v) is 2.44. The Balaban J connectivity index is 2.50. The van der Waals surface area contributed by atoms with Gasteiger partial charge in [-0.1, -0.05) is 56.5 Å². The first-order chi connectivity index (χ1) is 6.88. The Morgan fingerprint density at radius 2 is 1.93 bits per heavy atom. The lowest BCUT2D eigenvalue weighted by atomic mass is 9.95. The van der Waals surface area contributed by atoms with Crippen LogP contribution in [0.5, 0.6) is 0 Å². The van der Waals surface area contributed by atoms with Crippen LogP contribution in [0, 0.1) is 0 Å². The summed E-state index contributed by atoms with van der Waals surface area (Å²) in [5, 5.41) is 0. The lowest BCUT2D eigenvalue weighted by Crippen LogP contribution is -1.99. The van der Waals surface area contributed by atoms with E-state index in [0.29, 0.717) is 0 Å². The van der Waals surface area contributed by atoms with E-state index in [1.807, 2.05) is 30.3 Å². The van der Waals surface area contributed by atoms with E-state index in [2.05, 4.69) is 13.2 Å². The van der Waals surface area contributed by atoms with Crippen molar-refractivity contribution in [2.45, 2.75) is 38.5 Å². The van der Waals surface area contributed by atoms with Crippen LogP contribution in [0.4, 0.5) is 0 Å². The predicted molar refractivity (Wildman–Crippen MR) is 59.0 cm³/mol. The van der Waals surface area contributed by atoms with E-state index in [-0.39, 0.29) is 5.92 Å². The second kappa shape index (κ2) is 6.36. The first-order valence-electron chi connectivity index (χ1n) is 5.31. The Morgan fingerprint density at radius 1 is 1.21 bits per heavy atom. The van der Waals surface area contributed by atoms with Crippen LogP contribution < -0.4 is 0 Å². The molecule has 0 aliphatic heterocycles. The maximum absolute atomic E-state index is 10.8. The van der Waals surface area contributed by atoms with Crippen molar-refractivity contribution in [3.63, 3.8) is 0 Å². The van der Waals surface area contributed by atoms with Crippen molar-refractivity contribution in [3.05, 3.63) is 35.9 Å². The van der Waals surface area contributed by atoms with Gasteiger partial charge in [-0.3, -0.25) is 4.79 Å². The Hall–Kier alpha value is -1.11. The molecular weight excluding hydrogens is 172 g/mol. The minimum atomic E-state index is -0.0252. The molecule has 14 heavy (non-hydrogen) atoms. The summed E-state index contributed by atoms with van der Waals surface area (Å²) in [5.41, 5.74) is 1.10. The van der Waals surface area contributed by atoms with E-state index in [1.165, 1.54) is 12.8 Å². The molecule has 1 nitrogen and oxygen atoms in total. The molecule has 0 saturated carbocycles. The third kappa shape index (κ3) is 3.33. The number of benzene rings is 1. The predicted octanol–water partition coefficient (Wildman–Crippen LogP) is 3.46. The molecule has 1 unspecified atom stereocenters. The van der Waals surface area contributed by atoms with E-state index in [0.717, 1.165) is 18.4 Å². The fourth-order valence-electron chi connectivity index (χ4n) is 1.58. The minimum Gasteiger partial charge on any atom is -0.290 e. The van der Waals surface area contributed by atoms with Crippen molar-refractivity contribution in [2.75, 3.05) is 0 Å². The van der Waals surface area contributed by atoms with Crippen LogP contribution in [0.25, 0.3) is 0 Å². The zero-order valence-electron chi connectivity index (χ0n) is 8.70. The normalized spacial score (nSPS) is 12.4. The van der Waals surface area contributed by atoms with E-state index in [9.17, 15) is 4.79 Å². The summed E-state index contributed by atoms with van der Waals surface area (Å²) >= 11 is 0. The standard InChI is InChI=1S/C13H17O/c1-2-3-5-10-13(11-14)12-8-6-4-7-9-12/h4,6-9,13H,2-3,5,10H2,1H3. The van der Waals surface area contributed by atoms with Crippen molar-refractivity contribution >= 4 is 6.29 Å². The van der Waals surface area contributed by atoms with E-state index >= 15 is 0 Å². The highest BCUT2D eigenvalue weighted by Crippen LogP contribution is 2.19. The molecule has 0 heterocycles. The number of unbranched alkanes of at least 4 members (excludes halogenated alkanes) is 2. The molecule has 1 heteroatoms. The largest absolute Gasteiger partial charge is 0.290 e. The molecule has 0 aromatic heterocycles. The van der Waals surface area contributed by atoms with Crippen LogP contribution >= 0.6 is 0 Å². The van der Waals surface area contributed by atoms with Gasteiger partial charge in [0.1, 0.15) is 0 Å². The average Bonchev–Trinajstić information content (AvgIpc) is 2.26. The maximum atomic E-state index is 10.8. The van der Waals surface area contributed by atoms with Crippen LogP contribution in [0.3, 0.4) is 0 Å². The summed E-state index contributed by atoms with van der Waals surface area (Å²) in [6, 6.07) is 9.92. The molecule has 0 saturated heterocycles. The molecular formula is C13H17O. The molecule has 0 amide bonds. The summed E-state index contributed by atoms with van der Waals surface area (Å²) in [5.74, 6) is -0.0252. The second-order valence-corrected chi connectivity index (χ2v) is 3.58. The van der Waals surface area contributed by atoms with Crippen LogP contribution in [-0.2, 0) is 4.79 Å². The van der Waals surface area contributed by atoms with Gasteiger partial charge < -0.3 is 0 Å². The minimum absolute atomic E-state index is 0.0252. The molecule has 0 aliphatic carbocycles. The molecule has 0 N–H and O–H groups in total. The lowest BCUT2D eigenvalue weighted by molar-refractivity contribution is 0.529. The summed E-state index contributed by atoms with van der Waals surface area (Å²) in [6.45, 7) is 2.17. The van der Waals surface area contributed by atoms with Crippen molar-refractivity contribution in [3.8, 4) is 0 Å². The average molecular weight is 189 g/mol. The molecule has 1 aromatic carbocycles. The van der Waals surface area contributed by atoms with E-state index in [4.69, 9.17) is 0 Å². The van der Waals surface area contributed by atoms with E-state index in [1.54, 1.807) is 0 Å². The van der Waals surface area contributed by atoms with E-state index < -0.39 is 0 Å². The van der Waals surface area contributed by atoms with Gasteiger partial charge in [-0.25, -0.2) is 0 Å². The molecule has 1 aromatic rings. The van der Waals surface area contributed by atoms with Crippen LogP contribution in [-0.4, -0.2) is 6.29 Å². The highest BCUT2D eigenvalue weighted by molar-refractivity contribution is 5.62. The van der Waals surface area contributed by atoms with Crippen molar-refractivity contribution in [2.24, 2.45) is 0 Å². The Kier molecular flexibility index (Phi) is 4.98. The summed E-state index contributed by atoms with van der Waals surface area (Å²) in [7, 11) is 0. The Labute approximate surface area is 86.1 Å². The second-order valence-electron chi connectivity index (χ2n) is 3.58. The molecule has 0 spiro atoms. The molecule has 1 radical (unpaired) electrons. The van der Waals surface area contributed by atoms with Crippen molar-refractivity contribution < 1.29 is 4.79 Å². The van der Waals surface area contributed by atoms with Crippen LogP contribution in [0.15, 0.2) is 30.3 Å². The Morgan fingerprint density at radius 3 is 2.50 bits per heavy atom. The summed E-state index contributed by atoms with van der Waals surface area (Å²) in [4.78, 5) is 10.8. The summed E-state index contributed by atoms with van der Waals surface area (Å²) < 4.78 is 0. The van der Waals surface area contributed by atoms with Gasteiger partial charge in [-0.15, -0.1) is 0 Å². The van der Waals surface area contributed by atoms with Gasteiger partial charge >= 0.3 is 0 Å². The molecule has 1 atom stereocenters. The lowest BCUT2D eigenvalue weighted by Gasteiger charge is -2.08. The van der Waals surface area contributed by atoms with Gasteiger partial charge in [-0.2, -0.15) is 0 Å². The molecule has 0 bridgehead atoms. The van der Waals surface area contributed by atoms with Gasteiger partial charge in [0.2, 0.25) is 6.29 Å². The maximum Gasteiger partial charge on any atom is 0.206 e. The van der Waals surface area contributed by atoms with Crippen LogP contribution in [0.1, 0.15) is 44.1 Å². The third-order valence-electron chi connectivity index (χ3n) is 2.44. The van der Waals surface area contributed by atoms with Crippen molar-refractivity contribution in [1.82, 2.24) is 0 Å². The number of rotatable bonds is 6. The smallest absolute Gasteiger partial charge is 0.206 e. The molecule has 0 fully saturated rings. The van der Waals surface area contributed by atoms with Gasteiger partial charge in [-0.05, 0) is 12.0 Å². The quantitative estimate of drug-likeness (QED) is 0.626. The first kappa shape index (κ1) is 11.0. The fraction of sp³-hybridized carbons (Fsp3) is 0.462.